The van der Waals surface area contributed by atoms with E-state index in [2.05, 4.69) is 28.5 Å². The molecule has 0 saturated carbocycles. The van der Waals surface area contributed by atoms with E-state index in [0.29, 0.717) is 12.1 Å². The summed E-state index contributed by atoms with van der Waals surface area (Å²) in [5, 5.41) is 20.3. The van der Waals surface area contributed by atoms with E-state index in [0.717, 1.165) is 24.2 Å². The summed E-state index contributed by atoms with van der Waals surface area (Å²) in [4.78, 5) is 0. The van der Waals surface area contributed by atoms with Crippen LogP contribution in [0.4, 0.5) is 0 Å². The van der Waals surface area contributed by atoms with Crippen LogP contribution in [0.2, 0.25) is 0 Å². The van der Waals surface area contributed by atoms with E-state index in [4.69, 9.17) is 5.26 Å². The Morgan fingerprint density at radius 1 is 1.29 bits per heavy atom. The van der Waals surface area contributed by atoms with E-state index in [1.54, 1.807) is 16.8 Å². The van der Waals surface area contributed by atoms with Crippen LogP contribution in [0.15, 0.2) is 24.3 Å². The predicted octanol–water partition coefficient (Wildman–Crippen LogP) is 1.55. The molecular weight excluding hydrogens is 214 g/mol. The van der Waals surface area contributed by atoms with Crippen molar-refractivity contribution in [1.29, 1.82) is 5.26 Å². The van der Waals surface area contributed by atoms with E-state index in [9.17, 15) is 0 Å². The maximum atomic E-state index is 8.71. The molecule has 0 aliphatic heterocycles. The second-order valence-corrected chi connectivity index (χ2v) is 3.81. The molecule has 0 amide bonds. The van der Waals surface area contributed by atoms with Gasteiger partial charge in [0.15, 0.2) is 5.82 Å². The number of hydrogen-bond donors (Lipinski definition) is 0. The molecule has 0 atom stereocenters. The van der Waals surface area contributed by atoms with Crippen LogP contribution in [0.25, 0.3) is 0 Å². The first-order valence-corrected chi connectivity index (χ1v) is 5.57. The van der Waals surface area contributed by atoms with Gasteiger partial charge < -0.3 is 0 Å². The van der Waals surface area contributed by atoms with Crippen LogP contribution in [-0.2, 0) is 13.0 Å². The van der Waals surface area contributed by atoms with E-state index < -0.39 is 0 Å². The average molecular weight is 227 g/mol. The first kappa shape index (κ1) is 11.3. The predicted molar refractivity (Wildman–Crippen MR) is 62.1 cm³/mol. The second kappa shape index (κ2) is 5.21. The molecule has 0 unspecified atom stereocenters. The highest BCUT2D eigenvalue weighted by Gasteiger charge is 2.05. The van der Waals surface area contributed by atoms with Gasteiger partial charge in [-0.25, -0.2) is 4.68 Å². The lowest BCUT2D eigenvalue weighted by atomic mass is 10.1. The van der Waals surface area contributed by atoms with E-state index in [-0.39, 0.29) is 0 Å². The lowest BCUT2D eigenvalue weighted by Gasteiger charge is -2.03. The molecule has 2 rings (SSSR count). The number of aromatic nitrogens is 4. The number of benzene rings is 1. The molecule has 0 bridgehead atoms. The number of aryl methyl sites for hydroxylation is 1. The first-order valence-electron chi connectivity index (χ1n) is 5.57. The van der Waals surface area contributed by atoms with Crippen molar-refractivity contribution in [3.63, 3.8) is 0 Å². The molecule has 1 aromatic carbocycles. The number of rotatable bonds is 4. The zero-order valence-electron chi connectivity index (χ0n) is 9.67. The third kappa shape index (κ3) is 2.67. The van der Waals surface area contributed by atoms with Crippen molar-refractivity contribution >= 4 is 0 Å². The van der Waals surface area contributed by atoms with Gasteiger partial charge in [0.25, 0.3) is 0 Å². The van der Waals surface area contributed by atoms with E-state index in [1.807, 2.05) is 12.1 Å². The van der Waals surface area contributed by atoms with Gasteiger partial charge in [-0.2, -0.15) is 5.26 Å². The Morgan fingerprint density at radius 2 is 2.06 bits per heavy atom. The van der Waals surface area contributed by atoms with Gasteiger partial charge in [-0.05, 0) is 34.5 Å². The Labute approximate surface area is 99.7 Å². The molecule has 17 heavy (non-hydrogen) atoms. The summed E-state index contributed by atoms with van der Waals surface area (Å²) < 4.78 is 1.80. The molecule has 0 saturated heterocycles. The summed E-state index contributed by atoms with van der Waals surface area (Å²) in [5.74, 6) is 0.900. The molecule has 0 aliphatic rings. The van der Waals surface area contributed by atoms with Gasteiger partial charge in [0, 0.05) is 6.42 Å². The van der Waals surface area contributed by atoms with Crippen LogP contribution in [-0.4, -0.2) is 20.2 Å². The summed E-state index contributed by atoms with van der Waals surface area (Å²) in [6.07, 6.45) is 1.90. The van der Waals surface area contributed by atoms with Crippen molar-refractivity contribution in [3.05, 3.63) is 41.2 Å². The molecule has 86 valence electrons. The summed E-state index contributed by atoms with van der Waals surface area (Å²) in [7, 11) is 0. The number of tetrazole rings is 1. The van der Waals surface area contributed by atoms with Gasteiger partial charge in [-0.3, -0.25) is 0 Å². The fraction of sp³-hybridized carbons (Fsp3) is 0.333. The lowest BCUT2D eigenvalue weighted by Crippen LogP contribution is -2.07. The molecule has 5 heteroatoms. The zero-order valence-corrected chi connectivity index (χ0v) is 9.67. The van der Waals surface area contributed by atoms with Crippen molar-refractivity contribution < 1.29 is 0 Å². The van der Waals surface area contributed by atoms with Crippen LogP contribution in [0, 0.1) is 11.3 Å². The zero-order chi connectivity index (χ0) is 12.1. The first-order chi connectivity index (χ1) is 8.33. The molecule has 0 fully saturated rings. The monoisotopic (exact) mass is 227 g/mol. The molecule has 1 heterocycles. The van der Waals surface area contributed by atoms with Crippen LogP contribution in [0.1, 0.15) is 30.3 Å². The van der Waals surface area contributed by atoms with E-state index >= 15 is 0 Å². The van der Waals surface area contributed by atoms with Crippen LogP contribution < -0.4 is 0 Å². The molecule has 0 aliphatic carbocycles. The summed E-state index contributed by atoms with van der Waals surface area (Å²) in [6.45, 7) is 2.74. The SMILES string of the molecule is CCCc1nnnn1Cc1ccc(C#N)cc1. The molecule has 0 radical (unpaired) electrons. The highest BCUT2D eigenvalue weighted by Crippen LogP contribution is 2.06. The second-order valence-electron chi connectivity index (χ2n) is 3.81. The minimum absolute atomic E-state index is 0.647. The van der Waals surface area contributed by atoms with Crippen molar-refractivity contribution in [1.82, 2.24) is 20.2 Å². The molecule has 5 nitrogen and oxygen atoms in total. The smallest absolute Gasteiger partial charge is 0.151 e. The molecule has 0 spiro atoms. The minimum Gasteiger partial charge on any atom is -0.225 e. The summed E-state index contributed by atoms with van der Waals surface area (Å²) in [5.41, 5.74) is 1.76. The molecular formula is C12H13N5. The number of nitriles is 1. The highest BCUT2D eigenvalue weighted by atomic mass is 15.5. The Hall–Kier alpha value is -2.22. The van der Waals surface area contributed by atoms with Gasteiger partial charge in [0.05, 0.1) is 18.2 Å². The van der Waals surface area contributed by atoms with Crippen LogP contribution in [0.3, 0.4) is 0 Å². The normalized spacial score (nSPS) is 10.1. The number of nitrogens with zero attached hydrogens (tertiary/aromatic N) is 5. The van der Waals surface area contributed by atoms with Gasteiger partial charge in [-0.15, -0.1) is 5.10 Å². The van der Waals surface area contributed by atoms with Crippen LogP contribution in [0.5, 0.6) is 0 Å². The number of hydrogen-bond acceptors (Lipinski definition) is 4. The lowest BCUT2D eigenvalue weighted by molar-refractivity contribution is 0.613. The van der Waals surface area contributed by atoms with Crippen molar-refractivity contribution in [2.45, 2.75) is 26.3 Å². The van der Waals surface area contributed by atoms with E-state index in [1.165, 1.54) is 0 Å². The highest BCUT2D eigenvalue weighted by molar-refractivity contribution is 5.31. The van der Waals surface area contributed by atoms with Gasteiger partial charge in [0.2, 0.25) is 0 Å². The average Bonchev–Trinajstić information content (AvgIpc) is 2.78. The third-order valence-corrected chi connectivity index (χ3v) is 2.50. The standard InChI is InChI=1S/C12H13N5/c1-2-3-12-14-15-16-17(12)9-11-6-4-10(8-13)5-7-11/h4-7H,2-3,9H2,1H3. The van der Waals surface area contributed by atoms with Gasteiger partial charge in [-0.1, -0.05) is 19.1 Å². The van der Waals surface area contributed by atoms with Crippen LogP contribution >= 0.6 is 0 Å². The quantitative estimate of drug-likeness (QED) is 0.794. The fourth-order valence-corrected chi connectivity index (χ4v) is 1.61. The van der Waals surface area contributed by atoms with Gasteiger partial charge in [0.1, 0.15) is 0 Å². The summed E-state index contributed by atoms with van der Waals surface area (Å²) in [6, 6.07) is 9.56. The molecule has 2 aromatic rings. The Morgan fingerprint density at radius 3 is 2.71 bits per heavy atom. The molecule has 0 N–H and O–H groups in total. The largest absolute Gasteiger partial charge is 0.225 e. The van der Waals surface area contributed by atoms with Crippen molar-refractivity contribution in [2.75, 3.05) is 0 Å². The minimum atomic E-state index is 0.647. The Bertz CT molecular complexity index is 521. The Balaban J connectivity index is 2.14. The summed E-state index contributed by atoms with van der Waals surface area (Å²) >= 11 is 0. The van der Waals surface area contributed by atoms with Crippen molar-refractivity contribution in [2.24, 2.45) is 0 Å². The Kier molecular flexibility index (Phi) is 3.46. The third-order valence-electron chi connectivity index (χ3n) is 2.50. The maximum Gasteiger partial charge on any atom is 0.151 e. The van der Waals surface area contributed by atoms with Gasteiger partial charge >= 0.3 is 0 Å². The fourth-order valence-electron chi connectivity index (χ4n) is 1.61. The van der Waals surface area contributed by atoms with Crippen molar-refractivity contribution in [3.8, 4) is 6.07 Å². The maximum absolute atomic E-state index is 8.71. The topological polar surface area (TPSA) is 67.4 Å². The molecule has 1 aromatic heterocycles.